The van der Waals surface area contributed by atoms with E-state index in [1.165, 1.54) is 37.3 Å². The van der Waals surface area contributed by atoms with Crippen LogP contribution in [0.4, 0.5) is 9.52 Å². The first-order chi connectivity index (χ1) is 16.9. The third-order valence-electron chi connectivity index (χ3n) is 5.77. The second kappa shape index (κ2) is 8.84. The Balaban J connectivity index is 1.79. The molecular formula is C26H19FN2O5S. The molecule has 2 heterocycles. The number of rotatable bonds is 5. The quantitative estimate of drug-likeness (QED) is 0.239. The van der Waals surface area contributed by atoms with Crippen molar-refractivity contribution in [1.29, 1.82) is 0 Å². The molecule has 7 nitrogen and oxygen atoms in total. The van der Waals surface area contributed by atoms with Crippen LogP contribution in [0.2, 0.25) is 0 Å². The molecule has 1 saturated heterocycles. The first kappa shape index (κ1) is 22.5. The highest BCUT2D eigenvalue weighted by Gasteiger charge is 2.49. The highest BCUT2D eigenvalue weighted by atomic mass is 32.1. The summed E-state index contributed by atoms with van der Waals surface area (Å²) >= 11 is 1.07. The van der Waals surface area contributed by atoms with Crippen LogP contribution in [0.5, 0.6) is 11.5 Å². The van der Waals surface area contributed by atoms with Gasteiger partial charge in [-0.1, -0.05) is 41.7 Å². The Hall–Kier alpha value is -4.24. The predicted molar refractivity (Wildman–Crippen MR) is 130 cm³/mol. The lowest BCUT2D eigenvalue weighted by Crippen LogP contribution is -2.29. The molecule has 35 heavy (non-hydrogen) atoms. The number of ether oxygens (including phenoxy) is 2. The van der Waals surface area contributed by atoms with Crippen LogP contribution in [0.15, 0.2) is 72.3 Å². The van der Waals surface area contributed by atoms with Gasteiger partial charge >= 0.3 is 5.91 Å². The van der Waals surface area contributed by atoms with E-state index >= 15 is 0 Å². The van der Waals surface area contributed by atoms with Crippen LogP contribution >= 0.6 is 11.3 Å². The number of aromatic nitrogens is 1. The number of carbonyl (C=O) groups is 2. The highest BCUT2D eigenvalue weighted by molar-refractivity contribution is 7.22. The molecule has 5 rings (SSSR count). The number of methoxy groups -OCH3 is 2. The molecule has 4 aromatic rings. The number of carbonyl (C=O) groups excluding carboxylic acids is 2. The molecule has 1 fully saturated rings. The van der Waals surface area contributed by atoms with Gasteiger partial charge in [0.15, 0.2) is 5.13 Å². The van der Waals surface area contributed by atoms with E-state index in [9.17, 15) is 19.1 Å². The third kappa shape index (κ3) is 3.79. The molecular weight excluding hydrogens is 471 g/mol. The minimum Gasteiger partial charge on any atom is -0.507 e. The summed E-state index contributed by atoms with van der Waals surface area (Å²) in [5, 5.41) is 11.4. The Bertz CT molecular complexity index is 1500. The summed E-state index contributed by atoms with van der Waals surface area (Å²) in [5.41, 5.74) is 1.17. The van der Waals surface area contributed by atoms with Crippen LogP contribution in [-0.2, 0) is 9.59 Å². The van der Waals surface area contributed by atoms with Crippen LogP contribution in [0.25, 0.3) is 16.0 Å². The molecule has 0 saturated carbocycles. The number of anilines is 1. The van der Waals surface area contributed by atoms with Crippen molar-refractivity contribution < 1.29 is 28.6 Å². The standard InChI is InChI=1S/C26H19FN2O5S/c1-33-16-9-11-19(34-2)17(13-16)22-21(23(30)14-6-4-3-5-7-14)24(31)25(32)29(22)26-28-18-10-8-15(27)12-20(18)35-26/h3-13,22,30H,1-2H3/b23-21+. The lowest BCUT2D eigenvalue weighted by Gasteiger charge is -2.25. The first-order valence-corrected chi connectivity index (χ1v) is 11.4. The van der Waals surface area contributed by atoms with E-state index in [-0.39, 0.29) is 16.5 Å². The number of benzene rings is 3. The minimum absolute atomic E-state index is 0.113. The van der Waals surface area contributed by atoms with Gasteiger partial charge in [0.05, 0.1) is 30.0 Å². The fraction of sp³-hybridized carbons (Fsp3) is 0.115. The summed E-state index contributed by atoms with van der Waals surface area (Å²) in [6, 6.07) is 16.5. The summed E-state index contributed by atoms with van der Waals surface area (Å²) in [4.78, 5) is 32.4. The Morgan fingerprint density at radius 1 is 1.03 bits per heavy atom. The molecule has 1 N–H and O–H groups in total. The van der Waals surface area contributed by atoms with E-state index < -0.39 is 23.5 Å². The van der Waals surface area contributed by atoms with Crippen molar-refractivity contribution in [2.45, 2.75) is 6.04 Å². The molecule has 1 aliphatic heterocycles. The number of halogens is 1. The zero-order valence-corrected chi connectivity index (χ0v) is 19.5. The van der Waals surface area contributed by atoms with Gasteiger partial charge in [-0.25, -0.2) is 9.37 Å². The molecule has 0 spiro atoms. The van der Waals surface area contributed by atoms with Crippen LogP contribution in [0.1, 0.15) is 17.2 Å². The second-order valence-electron chi connectivity index (χ2n) is 7.75. The van der Waals surface area contributed by atoms with Crippen molar-refractivity contribution in [3.63, 3.8) is 0 Å². The molecule has 1 amide bonds. The first-order valence-electron chi connectivity index (χ1n) is 10.6. The zero-order valence-electron chi connectivity index (χ0n) is 18.7. The SMILES string of the molecule is COc1ccc(OC)c(C2/C(=C(\O)c3ccccc3)C(=O)C(=O)N2c2nc3ccc(F)cc3s2)c1. The number of nitrogens with zero attached hydrogens (tertiary/aromatic N) is 2. The Morgan fingerprint density at radius 2 is 1.80 bits per heavy atom. The fourth-order valence-corrected chi connectivity index (χ4v) is 5.14. The van der Waals surface area contributed by atoms with Gasteiger partial charge in [-0.05, 0) is 36.4 Å². The summed E-state index contributed by atoms with van der Waals surface area (Å²) in [6.07, 6.45) is 0. The summed E-state index contributed by atoms with van der Waals surface area (Å²) in [7, 11) is 2.96. The molecule has 1 aliphatic rings. The average Bonchev–Trinajstić information content (AvgIpc) is 3.41. The molecule has 1 aromatic heterocycles. The zero-order chi connectivity index (χ0) is 24.7. The number of hydrogen-bond acceptors (Lipinski definition) is 7. The van der Waals surface area contributed by atoms with Gasteiger partial charge in [0.2, 0.25) is 0 Å². The molecule has 1 unspecified atom stereocenters. The molecule has 176 valence electrons. The van der Waals surface area contributed by atoms with Gasteiger partial charge in [-0.2, -0.15) is 0 Å². The number of amides is 1. The molecule has 1 atom stereocenters. The van der Waals surface area contributed by atoms with Crippen molar-refractivity contribution in [3.8, 4) is 11.5 Å². The second-order valence-corrected chi connectivity index (χ2v) is 8.76. The van der Waals surface area contributed by atoms with E-state index in [1.54, 1.807) is 48.5 Å². The van der Waals surface area contributed by atoms with Gasteiger partial charge in [-0.3, -0.25) is 14.5 Å². The topological polar surface area (TPSA) is 89.0 Å². The van der Waals surface area contributed by atoms with Crippen molar-refractivity contribution in [1.82, 2.24) is 4.98 Å². The predicted octanol–water partition coefficient (Wildman–Crippen LogP) is 5.08. The number of thiazole rings is 1. The van der Waals surface area contributed by atoms with Crippen LogP contribution in [0, 0.1) is 5.82 Å². The largest absolute Gasteiger partial charge is 0.507 e. The van der Waals surface area contributed by atoms with Gasteiger partial charge in [0.25, 0.3) is 5.78 Å². The van der Waals surface area contributed by atoms with Gasteiger partial charge in [0, 0.05) is 11.1 Å². The van der Waals surface area contributed by atoms with E-state index in [1.807, 2.05) is 0 Å². The highest BCUT2D eigenvalue weighted by Crippen LogP contribution is 2.47. The van der Waals surface area contributed by atoms with Gasteiger partial charge in [-0.15, -0.1) is 0 Å². The normalized spacial score (nSPS) is 17.2. The maximum absolute atomic E-state index is 13.8. The number of ketones is 1. The maximum atomic E-state index is 13.8. The van der Waals surface area contributed by atoms with Gasteiger partial charge < -0.3 is 14.6 Å². The number of fused-ring (bicyclic) bond motifs is 1. The lowest BCUT2D eigenvalue weighted by molar-refractivity contribution is -0.132. The summed E-state index contributed by atoms with van der Waals surface area (Å²) in [5.74, 6) is -1.65. The van der Waals surface area contributed by atoms with Crippen LogP contribution < -0.4 is 14.4 Å². The van der Waals surface area contributed by atoms with Crippen molar-refractivity contribution in [2.24, 2.45) is 0 Å². The number of hydrogen-bond donors (Lipinski definition) is 1. The monoisotopic (exact) mass is 490 g/mol. The molecule has 0 radical (unpaired) electrons. The summed E-state index contributed by atoms with van der Waals surface area (Å²) in [6.45, 7) is 0. The molecule has 0 bridgehead atoms. The molecule has 0 aliphatic carbocycles. The van der Waals surface area contributed by atoms with E-state index in [2.05, 4.69) is 4.98 Å². The average molecular weight is 491 g/mol. The van der Waals surface area contributed by atoms with E-state index in [4.69, 9.17) is 9.47 Å². The lowest BCUT2D eigenvalue weighted by atomic mass is 9.94. The molecule has 3 aromatic carbocycles. The fourth-order valence-electron chi connectivity index (χ4n) is 4.12. The smallest absolute Gasteiger partial charge is 0.301 e. The van der Waals surface area contributed by atoms with Crippen molar-refractivity contribution >= 4 is 44.1 Å². The van der Waals surface area contributed by atoms with E-state index in [0.717, 1.165) is 11.3 Å². The van der Waals surface area contributed by atoms with Crippen molar-refractivity contribution in [3.05, 3.63) is 89.2 Å². The van der Waals surface area contributed by atoms with Crippen LogP contribution in [0.3, 0.4) is 0 Å². The number of aliphatic hydroxyl groups excluding tert-OH is 1. The number of Topliss-reactive ketones (excluding diaryl/α,β-unsaturated/α-hetero) is 1. The minimum atomic E-state index is -1.06. The Labute approximate surface area is 203 Å². The number of aliphatic hydroxyl groups is 1. The van der Waals surface area contributed by atoms with Crippen molar-refractivity contribution in [2.75, 3.05) is 19.1 Å². The Kier molecular flexibility index (Phi) is 5.70. The van der Waals surface area contributed by atoms with E-state index in [0.29, 0.717) is 32.8 Å². The molecule has 9 heteroatoms. The van der Waals surface area contributed by atoms with Gasteiger partial charge in [0.1, 0.15) is 29.1 Å². The van der Waals surface area contributed by atoms with Crippen LogP contribution in [-0.4, -0.2) is 36.0 Å². The summed E-state index contributed by atoms with van der Waals surface area (Å²) < 4.78 is 25.2. The maximum Gasteiger partial charge on any atom is 0.301 e. The Morgan fingerprint density at radius 3 is 2.51 bits per heavy atom. The third-order valence-corrected chi connectivity index (χ3v) is 6.79.